The summed E-state index contributed by atoms with van der Waals surface area (Å²) in [5.74, 6) is 0.980. The molecular weight excluding hydrogens is 270 g/mol. The predicted molar refractivity (Wildman–Crippen MR) is 82.3 cm³/mol. The number of nitrogens with one attached hydrogen (secondary N) is 1. The van der Waals surface area contributed by atoms with E-state index in [2.05, 4.69) is 11.4 Å². The first-order valence-corrected chi connectivity index (χ1v) is 7.58. The zero-order valence-electron chi connectivity index (χ0n) is 11.6. The second kappa shape index (κ2) is 7.70. The standard InChI is InChI=1S/C16H19NO2S/c1-19-15-7-3-2-5-13(15)10-11-17-16(18)9-8-14-6-4-12-20-14/h2-7,12H,8-11H2,1H3,(H,17,18). The molecule has 0 aliphatic carbocycles. The summed E-state index contributed by atoms with van der Waals surface area (Å²) in [5.41, 5.74) is 1.12. The summed E-state index contributed by atoms with van der Waals surface area (Å²) in [4.78, 5) is 13.0. The Balaban J connectivity index is 1.71. The zero-order chi connectivity index (χ0) is 14.2. The molecule has 1 N–H and O–H groups in total. The fourth-order valence-electron chi connectivity index (χ4n) is 2.03. The molecule has 4 heteroatoms. The number of carbonyl (C=O) groups is 1. The van der Waals surface area contributed by atoms with E-state index in [1.54, 1.807) is 18.4 Å². The Hall–Kier alpha value is -1.81. The Labute approximate surface area is 123 Å². The summed E-state index contributed by atoms with van der Waals surface area (Å²) in [6, 6.07) is 12.0. The third-order valence-electron chi connectivity index (χ3n) is 3.09. The first kappa shape index (κ1) is 14.6. The molecule has 0 radical (unpaired) electrons. The summed E-state index contributed by atoms with van der Waals surface area (Å²) in [6.45, 7) is 0.643. The van der Waals surface area contributed by atoms with Gasteiger partial charge in [-0.2, -0.15) is 0 Å². The Morgan fingerprint density at radius 1 is 1.20 bits per heavy atom. The van der Waals surface area contributed by atoms with Crippen LogP contribution in [-0.2, 0) is 17.6 Å². The van der Waals surface area contributed by atoms with E-state index >= 15 is 0 Å². The lowest BCUT2D eigenvalue weighted by Crippen LogP contribution is -2.25. The molecule has 0 saturated carbocycles. The van der Waals surface area contributed by atoms with Gasteiger partial charge in [-0.1, -0.05) is 24.3 Å². The zero-order valence-corrected chi connectivity index (χ0v) is 12.4. The molecule has 0 fully saturated rings. The van der Waals surface area contributed by atoms with Gasteiger partial charge in [0.15, 0.2) is 0 Å². The molecule has 1 heterocycles. The van der Waals surface area contributed by atoms with Crippen LogP contribution in [0.5, 0.6) is 5.75 Å². The third kappa shape index (κ3) is 4.38. The Morgan fingerprint density at radius 3 is 2.80 bits per heavy atom. The van der Waals surface area contributed by atoms with Crippen molar-refractivity contribution in [3.8, 4) is 5.75 Å². The molecule has 1 aromatic carbocycles. The van der Waals surface area contributed by atoms with Gasteiger partial charge in [-0.15, -0.1) is 11.3 Å². The van der Waals surface area contributed by atoms with Gasteiger partial charge < -0.3 is 10.1 Å². The number of carbonyl (C=O) groups excluding carboxylic acids is 1. The molecule has 0 spiro atoms. The van der Waals surface area contributed by atoms with Crippen LogP contribution in [0.3, 0.4) is 0 Å². The summed E-state index contributed by atoms with van der Waals surface area (Å²) < 4.78 is 5.29. The fraction of sp³-hybridized carbons (Fsp3) is 0.312. The Kier molecular flexibility index (Phi) is 5.62. The maximum atomic E-state index is 11.7. The summed E-state index contributed by atoms with van der Waals surface area (Å²) in [7, 11) is 1.67. The second-order valence-electron chi connectivity index (χ2n) is 4.49. The summed E-state index contributed by atoms with van der Waals surface area (Å²) in [6.07, 6.45) is 2.15. The van der Waals surface area contributed by atoms with Crippen molar-refractivity contribution in [1.82, 2.24) is 5.32 Å². The number of hydrogen-bond donors (Lipinski definition) is 1. The van der Waals surface area contributed by atoms with Gasteiger partial charge in [0.05, 0.1) is 7.11 Å². The monoisotopic (exact) mass is 289 g/mol. The van der Waals surface area contributed by atoms with E-state index in [1.165, 1.54) is 4.88 Å². The highest BCUT2D eigenvalue weighted by Gasteiger charge is 2.04. The van der Waals surface area contributed by atoms with Crippen molar-refractivity contribution in [2.45, 2.75) is 19.3 Å². The number of rotatable bonds is 7. The van der Waals surface area contributed by atoms with Crippen molar-refractivity contribution in [1.29, 1.82) is 0 Å². The third-order valence-corrected chi connectivity index (χ3v) is 4.02. The number of thiophene rings is 1. The van der Waals surface area contributed by atoms with Crippen molar-refractivity contribution in [3.63, 3.8) is 0 Å². The van der Waals surface area contributed by atoms with Crippen LogP contribution in [-0.4, -0.2) is 19.6 Å². The molecule has 0 saturated heterocycles. The molecule has 0 aliphatic heterocycles. The molecule has 106 valence electrons. The van der Waals surface area contributed by atoms with E-state index in [0.717, 1.165) is 24.2 Å². The minimum atomic E-state index is 0.105. The van der Waals surface area contributed by atoms with Crippen LogP contribution in [0.2, 0.25) is 0 Å². The number of methoxy groups -OCH3 is 1. The molecule has 1 amide bonds. The number of amides is 1. The van der Waals surface area contributed by atoms with Crippen LogP contribution in [0.4, 0.5) is 0 Å². The lowest BCUT2D eigenvalue weighted by molar-refractivity contribution is -0.121. The highest BCUT2D eigenvalue weighted by atomic mass is 32.1. The van der Waals surface area contributed by atoms with E-state index < -0.39 is 0 Å². The van der Waals surface area contributed by atoms with Gasteiger partial charge in [-0.25, -0.2) is 0 Å². The fourth-order valence-corrected chi connectivity index (χ4v) is 2.74. The van der Waals surface area contributed by atoms with Crippen molar-refractivity contribution < 1.29 is 9.53 Å². The average Bonchev–Trinajstić information content (AvgIpc) is 2.99. The van der Waals surface area contributed by atoms with E-state index in [0.29, 0.717) is 13.0 Å². The number of ether oxygens (including phenoxy) is 1. The van der Waals surface area contributed by atoms with E-state index in [1.807, 2.05) is 35.7 Å². The van der Waals surface area contributed by atoms with Crippen LogP contribution in [0.1, 0.15) is 16.9 Å². The van der Waals surface area contributed by atoms with Gasteiger partial charge in [-0.3, -0.25) is 4.79 Å². The largest absolute Gasteiger partial charge is 0.496 e. The highest BCUT2D eigenvalue weighted by molar-refractivity contribution is 7.09. The molecule has 3 nitrogen and oxygen atoms in total. The predicted octanol–water partition coefficient (Wildman–Crippen LogP) is 3.05. The number of aryl methyl sites for hydroxylation is 1. The molecule has 2 aromatic rings. The normalized spacial score (nSPS) is 10.2. The molecular formula is C16H19NO2S. The van der Waals surface area contributed by atoms with Gasteiger partial charge in [0.25, 0.3) is 0 Å². The topological polar surface area (TPSA) is 38.3 Å². The van der Waals surface area contributed by atoms with Crippen molar-refractivity contribution in [2.24, 2.45) is 0 Å². The average molecular weight is 289 g/mol. The minimum Gasteiger partial charge on any atom is -0.496 e. The van der Waals surface area contributed by atoms with Gasteiger partial charge in [-0.05, 0) is 35.9 Å². The van der Waals surface area contributed by atoms with Crippen molar-refractivity contribution >= 4 is 17.2 Å². The summed E-state index contributed by atoms with van der Waals surface area (Å²) >= 11 is 1.69. The maximum Gasteiger partial charge on any atom is 0.220 e. The number of hydrogen-bond acceptors (Lipinski definition) is 3. The van der Waals surface area contributed by atoms with E-state index in [4.69, 9.17) is 4.74 Å². The lowest BCUT2D eigenvalue weighted by atomic mass is 10.1. The molecule has 1 aromatic heterocycles. The molecule has 0 aliphatic rings. The molecule has 0 unspecified atom stereocenters. The van der Waals surface area contributed by atoms with Crippen LogP contribution in [0.25, 0.3) is 0 Å². The Morgan fingerprint density at radius 2 is 2.05 bits per heavy atom. The maximum absolute atomic E-state index is 11.7. The Bertz CT molecular complexity index is 537. The van der Waals surface area contributed by atoms with Gasteiger partial charge >= 0.3 is 0 Å². The lowest BCUT2D eigenvalue weighted by Gasteiger charge is -2.09. The van der Waals surface area contributed by atoms with E-state index in [-0.39, 0.29) is 5.91 Å². The minimum absolute atomic E-state index is 0.105. The molecule has 0 bridgehead atoms. The molecule has 0 atom stereocenters. The number of benzene rings is 1. The smallest absolute Gasteiger partial charge is 0.220 e. The van der Waals surface area contributed by atoms with Gasteiger partial charge in [0, 0.05) is 17.8 Å². The van der Waals surface area contributed by atoms with Crippen molar-refractivity contribution in [3.05, 3.63) is 52.2 Å². The summed E-state index contributed by atoms with van der Waals surface area (Å²) in [5, 5.41) is 4.99. The molecule has 2 rings (SSSR count). The molecule has 20 heavy (non-hydrogen) atoms. The van der Waals surface area contributed by atoms with Crippen LogP contribution < -0.4 is 10.1 Å². The van der Waals surface area contributed by atoms with Crippen LogP contribution >= 0.6 is 11.3 Å². The van der Waals surface area contributed by atoms with Crippen molar-refractivity contribution in [2.75, 3.05) is 13.7 Å². The number of para-hydroxylation sites is 1. The first-order chi connectivity index (χ1) is 9.79. The first-order valence-electron chi connectivity index (χ1n) is 6.70. The SMILES string of the molecule is COc1ccccc1CCNC(=O)CCc1cccs1. The van der Waals surface area contributed by atoms with Gasteiger partial charge in [0.1, 0.15) is 5.75 Å². The quantitative estimate of drug-likeness (QED) is 0.851. The van der Waals surface area contributed by atoms with Crippen LogP contribution in [0.15, 0.2) is 41.8 Å². The second-order valence-corrected chi connectivity index (χ2v) is 5.52. The van der Waals surface area contributed by atoms with E-state index in [9.17, 15) is 4.79 Å². The van der Waals surface area contributed by atoms with Gasteiger partial charge in [0.2, 0.25) is 5.91 Å². The van der Waals surface area contributed by atoms with Crippen LogP contribution in [0, 0.1) is 0 Å². The highest BCUT2D eigenvalue weighted by Crippen LogP contribution is 2.17.